The number of aromatic amines is 1. The van der Waals surface area contributed by atoms with Crippen LogP contribution in [0.15, 0.2) is 0 Å². The van der Waals surface area contributed by atoms with Crippen molar-refractivity contribution in [3.05, 3.63) is 17.2 Å². The molecule has 2 nitrogen and oxygen atoms in total. The summed E-state index contributed by atoms with van der Waals surface area (Å²) in [5, 5.41) is 0. The van der Waals surface area contributed by atoms with Crippen molar-refractivity contribution in [2.45, 2.75) is 104 Å². The quantitative estimate of drug-likeness (QED) is 0.618. The summed E-state index contributed by atoms with van der Waals surface area (Å²) in [6.45, 7) is 18.4. The molecule has 1 aromatic rings. The van der Waals surface area contributed by atoms with E-state index in [0.717, 1.165) is 6.42 Å². The number of nitrogens with one attached hydrogen (secondary N) is 1. The first-order valence-corrected chi connectivity index (χ1v) is 8.80. The molecule has 0 aliphatic heterocycles. The van der Waals surface area contributed by atoms with Gasteiger partial charge in [-0.2, -0.15) is 0 Å². The average Bonchev–Trinajstić information content (AvgIpc) is 2.84. The van der Waals surface area contributed by atoms with Crippen LogP contribution in [0.3, 0.4) is 0 Å². The normalized spacial score (nSPS) is 14.5. The molecule has 0 saturated carbocycles. The maximum atomic E-state index is 5.10. The van der Waals surface area contributed by atoms with Gasteiger partial charge in [0, 0.05) is 16.5 Å². The number of nitrogens with zero attached hydrogens (tertiary/aromatic N) is 1. The minimum atomic E-state index is 0.136. The number of rotatable bonds is 8. The highest BCUT2D eigenvalue weighted by atomic mass is 15.0. The van der Waals surface area contributed by atoms with E-state index in [1.165, 1.54) is 42.9 Å². The van der Waals surface area contributed by atoms with E-state index in [4.69, 9.17) is 4.98 Å². The van der Waals surface area contributed by atoms with Crippen molar-refractivity contribution in [1.29, 1.82) is 0 Å². The van der Waals surface area contributed by atoms with E-state index in [1.807, 2.05) is 0 Å². The van der Waals surface area contributed by atoms with Crippen LogP contribution in [0.1, 0.15) is 111 Å². The van der Waals surface area contributed by atoms with Gasteiger partial charge in [-0.3, -0.25) is 0 Å². The van der Waals surface area contributed by atoms with Crippen LogP contribution in [0, 0.1) is 0 Å². The first kappa shape index (κ1) is 18.3. The summed E-state index contributed by atoms with van der Waals surface area (Å²) in [4.78, 5) is 8.82. The second-order valence-electron chi connectivity index (χ2n) is 7.92. The maximum absolute atomic E-state index is 5.10. The van der Waals surface area contributed by atoms with Crippen LogP contribution in [0.5, 0.6) is 0 Å². The summed E-state index contributed by atoms with van der Waals surface area (Å²) in [7, 11) is 0. The van der Waals surface area contributed by atoms with Gasteiger partial charge in [0.1, 0.15) is 5.82 Å². The van der Waals surface area contributed by atoms with E-state index in [-0.39, 0.29) is 10.8 Å². The van der Waals surface area contributed by atoms with Gasteiger partial charge < -0.3 is 4.98 Å². The van der Waals surface area contributed by atoms with Crippen LogP contribution in [0.4, 0.5) is 0 Å². The molecule has 0 saturated heterocycles. The van der Waals surface area contributed by atoms with Crippen molar-refractivity contribution >= 4 is 0 Å². The molecule has 1 aromatic heterocycles. The zero-order chi connectivity index (χ0) is 16.3. The van der Waals surface area contributed by atoms with Crippen LogP contribution in [-0.2, 0) is 10.8 Å². The largest absolute Gasteiger partial charge is 0.345 e. The average molecular weight is 293 g/mol. The Hall–Kier alpha value is -0.790. The Morgan fingerprint density at radius 3 is 1.95 bits per heavy atom. The molecule has 122 valence electrons. The lowest BCUT2D eigenvalue weighted by molar-refractivity contribution is 0.435. The van der Waals surface area contributed by atoms with Crippen molar-refractivity contribution in [1.82, 2.24) is 9.97 Å². The SMILES string of the molecule is CCCC(C)(C)c1nc(C(C)(C)CCC)c(C(C)CC)[nH]1. The molecule has 0 amide bonds. The Labute approximate surface area is 132 Å². The first-order chi connectivity index (χ1) is 9.69. The minimum Gasteiger partial charge on any atom is -0.345 e. The van der Waals surface area contributed by atoms with Gasteiger partial charge in [0.25, 0.3) is 0 Å². The number of hydrogen-bond donors (Lipinski definition) is 1. The van der Waals surface area contributed by atoms with Gasteiger partial charge in [-0.25, -0.2) is 4.98 Å². The summed E-state index contributed by atoms with van der Waals surface area (Å²) in [5.74, 6) is 1.73. The fraction of sp³-hybridized carbons (Fsp3) is 0.842. The van der Waals surface area contributed by atoms with Gasteiger partial charge in [0.2, 0.25) is 0 Å². The zero-order valence-corrected chi connectivity index (χ0v) is 15.6. The third-order valence-corrected chi connectivity index (χ3v) is 4.87. The predicted octanol–water partition coefficient (Wildman–Crippen LogP) is 6.08. The highest BCUT2D eigenvalue weighted by molar-refractivity contribution is 5.28. The Kier molecular flexibility index (Phi) is 6.07. The van der Waals surface area contributed by atoms with Crippen molar-refractivity contribution in [2.24, 2.45) is 0 Å². The topological polar surface area (TPSA) is 28.7 Å². The Morgan fingerprint density at radius 2 is 1.48 bits per heavy atom. The van der Waals surface area contributed by atoms with Crippen LogP contribution in [0.2, 0.25) is 0 Å². The molecule has 0 spiro atoms. The number of hydrogen-bond acceptors (Lipinski definition) is 1. The summed E-state index contributed by atoms with van der Waals surface area (Å²) < 4.78 is 0. The summed E-state index contributed by atoms with van der Waals surface area (Å²) in [6.07, 6.45) is 5.92. The minimum absolute atomic E-state index is 0.136. The second-order valence-corrected chi connectivity index (χ2v) is 7.92. The van der Waals surface area contributed by atoms with Gasteiger partial charge >= 0.3 is 0 Å². The van der Waals surface area contributed by atoms with Crippen LogP contribution < -0.4 is 0 Å². The van der Waals surface area contributed by atoms with E-state index in [1.54, 1.807) is 0 Å². The zero-order valence-electron chi connectivity index (χ0n) is 15.6. The maximum Gasteiger partial charge on any atom is 0.112 e. The number of H-pyrrole nitrogens is 1. The van der Waals surface area contributed by atoms with Gasteiger partial charge in [0.15, 0.2) is 0 Å². The van der Waals surface area contributed by atoms with Crippen LogP contribution >= 0.6 is 0 Å². The molecule has 0 aromatic carbocycles. The van der Waals surface area contributed by atoms with E-state index >= 15 is 0 Å². The Bertz CT molecular complexity index is 440. The summed E-state index contributed by atoms with van der Waals surface area (Å²) in [5.41, 5.74) is 2.97. The fourth-order valence-electron chi connectivity index (χ4n) is 3.27. The molecule has 1 atom stereocenters. The molecular weight excluding hydrogens is 256 g/mol. The van der Waals surface area contributed by atoms with Crippen LogP contribution in [0.25, 0.3) is 0 Å². The summed E-state index contributed by atoms with van der Waals surface area (Å²) in [6, 6.07) is 0. The molecule has 1 N–H and O–H groups in total. The monoisotopic (exact) mass is 292 g/mol. The van der Waals surface area contributed by atoms with E-state index in [2.05, 4.69) is 60.4 Å². The lowest BCUT2D eigenvalue weighted by Crippen LogP contribution is -2.21. The molecule has 2 heteroatoms. The molecular formula is C19H36N2. The third-order valence-electron chi connectivity index (χ3n) is 4.87. The van der Waals surface area contributed by atoms with Crippen molar-refractivity contribution in [3.63, 3.8) is 0 Å². The number of aromatic nitrogens is 2. The highest BCUT2D eigenvalue weighted by Crippen LogP contribution is 2.37. The van der Waals surface area contributed by atoms with Crippen molar-refractivity contribution in [2.75, 3.05) is 0 Å². The predicted molar refractivity (Wildman–Crippen MR) is 93.2 cm³/mol. The van der Waals surface area contributed by atoms with Gasteiger partial charge in [-0.05, 0) is 25.2 Å². The molecule has 0 bridgehead atoms. The second kappa shape index (κ2) is 6.98. The fourth-order valence-corrected chi connectivity index (χ4v) is 3.27. The smallest absolute Gasteiger partial charge is 0.112 e. The third kappa shape index (κ3) is 4.11. The van der Waals surface area contributed by atoms with Gasteiger partial charge in [0.05, 0.1) is 5.69 Å². The molecule has 0 fully saturated rings. The van der Waals surface area contributed by atoms with E-state index < -0.39 is 0 Å². The lowest BCUT2D eigenvalue weighted by atomic mass is 9.81. The first-order valence-electron chi connectivity index (χ1n) is 8.80. The molecule has 0 radical (unpaired) electrons. The molecule has 1 heterocycles. The molecule has 1 rings (SSSR count). The highest BCUT2D eigenvalue weighted by Gasteiger charge is 2.32. The van der Waals surface area contributed by atoms with E-state index in [0.29, 0.717) is 5.92 Å². The standard InChI is InChI=1S/C19H36N2/c1-9-12-18(5,6)16-15(14(4)11-3)20-17(21-16)19(7,8)13-10-2/h14H,9-13H2,1-8H3,(H,20,21). The molecule has 21 heavy (non-hydrogen) atoms. The van der Waals surface area contributed by atoms with Crippen molar-refractivity contribution < 1.29 is 0 Å². The van der Waals surface area contributed by atoms with Crippen LogP contribution in [-0.4, -0.2) is 9.97 Å². The van der Waals surface area contributed by atoms with E-state index in [9.17, 15) is 0 Å². The lowest BCUT2D eigenvalue weighted by Gasteiger charge is -2.25. The van der Waals surface area contributed by atoms with Gasteiger partial charge in [-0.1, -0.05) is 68.2 Å². The molecule has 1 unspecified atom stereocenters. The Balaban J connectivity index is 3.32. The summed E-state index contributed by atoms with van der Waals surface area (Å²) >= 11 is 0. The van der Waals surface area contributed by atoms with Crippen molar-refractivity contribution in [3.8, 4) is 0 Å². The molecule has 0 aliphatic rings. The molecule has 0 aliphatic carbocycles. The Morgan fingerprint density at radius 1 is 0.952 bits per heavy atom. The van der Waals surface area contributed by atoms with Gasteiger partial charge in [-0.15, -0.1) is 0 Å². The number of imidazole rings is 1.